The summed E-state index contributed by atoms with van der Waals surface area (Å²) in [6.45, 7) is 8.69. The molecule has 5 nitrogen and oxygen atoms in total. The lowest BCUT2D eigenvalue weighted by Gasteiger charge is -2.22. The van der Waals surface area contributed by atoms with Gasteiger partial charge < -0.3 is 14.7 Å². The summed E-state index contributed by atoms with van der Waals surface area (Å²) in [5, 5.41) is 8.37. The van der Waals surface area contributed by atoms with Crippen LogP contribution in [0.15, 0.2) is 40.9 Å². The minimum absolute atomic E-state index is 0.103. The van der Waals surface area contributed by atoms with Crippen LogP contribution < -0.4 is 10.2 Å². The minimum Gasteiger partial charge on any atom is -0.366 e. The molecule has 0 saturated heterocycles. The van der Waals surface area contributed by atoms with Gasteiger partial charge in [0.2, 0.25) is 5.91 Å². The van der Waals surface area contributed by atoms with E-state index < -0.39 is 0 Å². The molecule has 1 aliphatic carbocycles. The quantitative estimate of drug-likeness (QED) is 0.610. The van der Waals surface area contributed by atoms with Gasteiger partial charge in [-0.2, -0.15) is 0 Å². The van der Waals surface area contributed by atoms with E-state index in [0.717, 1.165) is 35.9 Å². The van der Waals surface area contributed by atoms with Gasteiger partial charge in [0.1, 0.15) is 5.82 Å². The SMILES string of the molecule is CC(=O)N(c1cc(-c2ccc3onc(NCC(C)(C)C)c3c2)ccc1F)C1CC1. The van der Waals surface area contributed by atoms with E-state index in [0.29, 0.717) is 17.1 Å². The summed E-state index contributed by atoms with van der Waals surface area (Å²) in [6, 6.07) is 10.8. The highest BCUT2D eigenvalue weighted by Gasteiger charge is 2.33. The highest BCUT2D eigenvalue weighted by Crippen LogP contribution is 2.36. The molecule has 0 bridgehead atoms. The standard InChI is InChI=1S/C23H26FN3O2/c1-14(28)27(17-7-8-17)20-12-16(5-9-19(20)24)15-6-10-21-18(11-15)22(26-29-21)25-13-23(2,3)4/h5-6,9-12,17H,7-8,13H2,1-4H3,(H,25,26). The Balaban J connectivity index is 1.71. The number of carbonyl (C=O) groups excluding carboxylic acids is 1. The topological polar surface area (TPSA) is 58.4 Å². The van der Waals surface area contributed by atoms with Crippen molar-refractivity contribution in [2.75, 3.05) is 16.8 Å². The molecule has 4 rings (SSSR count). The Bertz CT molecular complexity index is 1060. The summed E-state index contributed by atoms with van der Waals surface area (Å²) in [5.41, 5.74) is 2.90. The van der Waals surface area contributed by atoms with Crippen molar-refractivity contribution in [3.8, 4) is 11.1 Å². The number of amides is 1. The third-order valence-corrected chi connectivity index (χ3v) is 5.05. The Hall–Kier alpha value is -2.89. The smallest absolute Gasteiger partial charge is 0.224 e. The summed E-state index contributed by atoms with van der Waals surface area (Å²) in [4.78, 5) is 13.7. The van der Waals surface area contributed by atoms with Crippen LogP contribution in [0.25, 0.3) is 22.1 Å². The Morgan fingerprint density at radius 3 is 2.55 bits per heavy atom. The minimum atomic E-state index is -0.380. The number of fused-ring (bicyclic) bond motifs is 1. The Labute approximate surface area is 169 Å². The first-order valence-electron chi connectivity index (χ1n) is 9.96. The van der Waals surface area contributed by atoms with Crippen LogP contribution in [0.3, 0.4) is 0 Å². The highest BCUT2D eigenvalue weighted by molar-refractivity contribution is 5.95. The second-order valence-electron chi connectivity index (χ2n) is 8.94. The van der Waals surface area contributed by atoms with Gasteiger partial charge in [-0.15, -0.1) is 0 Å². The van der Waals surface area contributed by atoms with Gasteiger partial charge in [-0.05, 0) is 53.6 Å². The zero-order chi connectivity index (χ0) is 20.8. The molecule has 0 atom stereocenters. The average molecular weight is 395 g/mol. The van der Waals surface area contributed by atoms with Crippen molar-refractivity contribution in [3.05, 3.63) is 42.2 Å². The largest absolute Gasteiger partial charge is 0.366 e. The number of hydrogen-bond donors (Lipinski definition) is 1. The number of anilines is 2. The fourth-order valence-corrected chi connectivity index (χ4v) is 3.43. The fourth-order valence-electron chi connectivity index (χ4n) is 3.43. The molecule has 1 fully saturated rings. The maximum Gasteiger partial charge on any atom is 0.224 e. The molecule has 1 N–H and O–H groups in total. The lowest BCUT2D eigenvalue weighted by molar-refractivity contribution is -0.116. The Kier molecular flexibility index (Phi) is 4.81. The van der Waals surface area contributed by atoms with Gasteiger partial charge in [0.05, 0.1) is 11.1 Å². The van der Waals surface area contributed by atoms with Crippen LogP contribution in [0.5, 0.6) is 0 Å². The van der Waals surface area contributed by atoms with E-state index in [4.69, 9.17) is 4.52 Å². The van der Waals surface area contributed by atoms with Crippen LogP contribution >= 0.6 is 0 Å². The van der Waals surface area contributed by atoms with Crippen LogP contribution in [0.1, 0.15) is 40.5 Å². The molecule has 1 aromatic heterocycles. The van der Waals surface area contributed by atoms with E-state index in [-0.39, 0.29) is 23.2 Å². The molecule has 152 valence electrons. The van der Waals surface area contributed by atoms with E-state index >= 15 is 0 Å². The molecule has 3 aromatic rings. The first-order valence-corrected chi connectivity index (χ1v) is 9.96. The second kappa shape index (κ2) is 7.17. The van der Waals surface area contributed by atoms with E-state index in [1.807, 2.05) is 18.2 Å². The van der Waals surface area contributed by atoms with E-state index in [9.17, 15) is 9.18 Å². The maximum absolute atomic E-state index is 14.5. The van der Waals surface area contributed by atoms with Crippen LogP contribution in [-0.2, 0) is 4.79 Å². The molecule has 0 aliphatic heterocycles. The number of benzene rings is 2. The monoisotopic (exact) mass is 395 g/mol. The van der Waals surface area contributed by atoms with Crippen molar-refractivity contribution < 1.29 is 13.7 Å². The average Bonchev–Trinajstić information content (AvgIpc) is 3.39. The van der Waals surface area contributed by atoms with Gasteiger partial charge >= 0.3 is 0 Å². The number of aromatic nitrogens is 1. The molecule has 1 amide bonds. The molecule has 2 aromatic carbocycles. The number of nitrogens with zero attached hydrogens (tertiary/aromatic N) is 2. The van der Waals surface area contributed by atoms with Crippen LogP contribution in [0.2, 0.25) is 0 Å². The molecule has 29 heavy (non-hydrogen) atoms. The van der Waals surface area contributed by atoms with Gasteiger partial charge in [0.25, 0.3) is 0 Å². The number of rotatable bonds is 5. The summed E-state index contributed by atoms with van der Waals surface area (Å²) < 4.78 is 20.0. The molecule has 0 unspecified atom stereocenters. The van der Waals surface area contributed by atoms with Crippen molar-refractivity contribution in [2.24, 2.45) is 5.41 Å². The third-order valence-electron chi connectivity index (χ3n) is 5.05. The molecular formula is C23H26FN3O2. The first-order chi connectivity index (χ1) is 13.7. The maximum atomic E-state index is 14.5. The predicted octanol–water partition coefficient (Wildman–Crippen LogP) is 5.61. The predicted molar refractivity (Wildman–Crippen MR) is 114 cm³/mol. The number of carbonyl (C=O) groups is 1. The van der Waals surface area contributed by atoms with Gasteiger partial charge in [0.15, 0.2) is 11.4 Å². The molecule has 0 radical (unpaired) electrons. The summed E-state index contributed by atoms with van der Waals surface area (Å²) in [7, 11) is 0. The highest BCUT2D eigenvalue weighted by atomic mass is 19.1. The first kappa shape index (κ1) is 19.4. The van der Waals surface area contributed by atoms with Gasteiger partial charge in [-0.1, -0.05) is 38.1 Å². The summed E-state index contributed by atoms with van der Waals surface area (Å²) in [5.74, 6) is 0.184. The lowest BCUT2D eigenvalue weighted by Crippen LogP contribution is -2.31. The second-order valence-corrected chi connectivity index (χ2v) is 8.94. The molecular weight excluding hydrogens is 369 g/mol. The third kappa shape index (κ3) is 4.11. The molecule has 1 heterocycles. The summed E-state index contributed by atoms with van der Waals surface area (Å²) in [6.07, 6.45) is 1.83. The van der Waals surface area contributed by atoms with E-state index in [2.05, 4.69) is 31.2 Å². The van der Waals surface area contributed by atoms with Crippen LogP contribution in [0.4, 0.5) is 15.9 Å². The van der Waals surface area contributed by atoms with Crippen molar-refractivity contribution in [1.82, 2.24) is 5.16 Å². The lowest BCUT2D eigenvalue weighted by atomic mass is 9.97. The van der Waals surface area contributed by atoms with Crippen molar-refractivity contribution >= 4 is 28.4 Å². The zero-order valence-electron chi connectivity index (χ0n) is 17.3. The number of hydrogen-bond acceptors (Lipinski definition) is 4. The van der Waals surface area contributed by atoms with Gasteiger partial charge in [0, 0.05) is 19.5 Å². The number of nitrogens with one attached hydrogen (secondary N) is 1. The Morgan fingerprint density at radius 1 is 1.21 bits per heavy atom. The molecule has 0 spiro atoms. The van der Waals surface area contributed by atoms with Crippen molar-refractivity contribution in [2.45, 2.75) is 46.6 Å². The Morgan fingerprint density at radius 2 is 1.90 bits per heavy atom. The number of halogens is 1. The molecule has 1 aliphatic rings. The van der Waals surface area contributed by atoms with Crippen LogP contribution in [-0.4, -0.2) is 23.7 Å². The van der Waals surface area contributed by atoms with Crippen molar-refractivity contribution in [3.63, 3.8) is 0 Å². The van der Waals surface area contributed by atoms with Crippen LogP contribution in [0, 0.1) is 11.2 Å². The zero-order valence-corrected chi connectivity index (χ0v) is 17.3. The van der Waals surface area contributed by atoms with E-state index in [1.54, 1.807) is 17.0 Å². The van der Waals surface area contributed by atoms with Crippen molar-refractivity contribution in [1.29, 1.82) is 0 Å². The normalized spacial score (nSPS) is 14.2. The van der Waals surface area contributed by atoms with E-state index in [1.165, 1.54) is 13.0 Å². The molecule has 6 heteroatoms. The summed E-state index contributed by atoms with van der Waals surface area (Å²) >= 11 is 0. The van der Waals surface area contributed by atoms with Gasteiger partial charge in [-0.25, -0.2) is 4.39 Å². The fraction of sp³-hybridized carbons (Fsp3) is 0.391. The van der Waals surface area contributed by atoms with Gasteiger partial charge in [-0.3, -0.25) is 4.79 Å². The molecule has 1 saturated carbocycles.